The van der Waals surface area contributed by atoms with Gasteiger partial charge >= 0.3 is 6.03 Å². The maximum Gasteiger partial charge on any atom is 0.319 e. The van der Waals surface area contributed by atoms with E-state index in [1.54, 1.807) is 6.07 Å². The zero-order valence-corrected chi connectivity index (χ0v) is 14.7. The average molecular weight is 352 g/mol. The molecule has 0 aliphatic carbocycles. The quantitative estimate of drug-likeness (QED) is 0.773. The summed E-state index contributed by atoms with van der Waals surface area (Å²) in [5.41, 5.74) is 7.74. The highest BCUT2D eigenvalue weighted by Gasteiger charge is 2.20. The highest BCUT2D eigenvalue weighted by atomic mass is 16.2. The van der Waals surface area contributed by atoms with Gasteiger partial charge in [-0.25, -0.2) is 4.79 Å². The van der Waals surface area contributed by atoms with Crippen molar-refractivity contribution in [3.8, 4) is 0 Å². The van der Waals surface area contributed by atoms with E-state index in [0.717, 1.165) is 43.7 Å². The minimum absolute atomic E-state index is 0.163. The van der Waals surface area contributed by atoms with Gasteiger partial charge in [0, 0.05) is 36.9 Å². The maximum atomic E-state index is 12.1. The van der Waals surface area contributed by atoms with Gasteiger partial charge < -0.3 is 16.4 Å². The van der Waals surface area contributed by atoms with Crippen LogP contribution in [0.2, 0.25) is 0 Å². The van der Waals surface area contributed by atoms with E-state index in [2.05, 4.69) is 15.5 Å². The van der Waals surface area contributed by atoms with E-state index >= 15 is 0 Å². The smallest absolute Gasteiger partial charge is 0.319 e. The van der Waals surface area contributed by atoms with Crippen molar-refractivity contribution in [1.82, 2.24) is 10.2 Å². The molecular formula is C20H24N4O2. The monoisotopic (exact) mass is 352 g/mol. The van der Waals surface area contributed by atoms with Gasteiger partial charge in [0.15, 0.2) is 0 Å². The summed E-state index contributed by atoms with van der Waals surface area (Å²) in [5.74, 6) is -0.404. The van der Waals surface area contributed by atoms with Crippen molar-refractivity contribution in [2.75, 3.05) is 18.4 Å². The minimum atomic E-state index is -0.404. The largest absolute Gasteiger partial charge is 0.366 e. The average Bonchev–Trinajstić information content (AvgIpc) is 2.64. The molecule has 0 radical (unpaired) electrons. The molecule has 3 rings (SSSR count). The number of carbonyl (C=O) groups excluding carboxylic acids is 2. The van der Waals surface area contributed by atoms with Crippen LogP contribution in [0.3, 0.4) is 0 Å². The minimum Gasteiger partial charge on any atom is -0.366 e. The third kappa shape index (κ3) is 5.07. The van der Waals surface area contributed by atoms with E-state index in [-0.39, 0.29) is 12.1 Å². The van der Waals surface area contributed by atoms with Crippen LogP contribution in [0.4, 0.5) is 10.5 Å². The van der Waals surface area contributed by atoms with E-state index in [9.17, 15) is 9.59 Å². The van der Waals surface area contributed by atoms with Gasteiger partial charge in [0.25, 0.3) is 0 Å². The number of nitrogens with two attached hydrogens (primary N) is 1. The fraction of sp³-hybridized carbons (Fsp3) is 0.300. The van der Waals surface area contributed by atoms with Crippen molar-refractivity contribution in [1.29, 1.82) is 0 Å². The van der Waals surface area contributed by atoms with Crippen LogP contribution in [-0.4, -0.2) is 36.0 Å². The molecule has 0 unspecified atom stereocenters. The number of nitrogens with one attached hydrogen (secondary N) is 2. The number of likely N-dealkylation sites (tertiary alicyclic amines) is 1. The van der Waals surface area contributed by atoms with E-state index in [4.69, 9.17) is 5.73 Å². The lowest BCUT2D eigenvalue weighted by Gasteiger charge is -2.32. The number of urea groups is 1. The van der Waals surface area contributed by atoms with Crippen molar-refractivity contribution < 1.29 is 9.59 Å². The molecule has 1 aliphatic heterocycles. The Morgan fingerprint density at radius 3 is 2.46 bits per heavy atom. The van der Waals surface area contributed by atoms with E-state index < -0.39 is 5.91 Å². The number of rotatable bonds is 5. The number of para-hydroxylation sites is 1. The molecule has 3 amide bonds. The van der Waals surface area contributed by atoms with Gasteiger partial charge in [-0.2, -0.15) is 0 Å². The third-order valence-electron chi connectivity index (χ3n) is 4.57. The number of benzene rings is 2. The van der Waals surface area contributed by atoms with Crippen LogP contribution in [0.15, 0.2) is 54.6 Å². The van der Waals surface area contributed by atoms with Gasteiger partial charge in [0.2, 0.25) is 5.91 Å². The number of primary amides is 1. The standard InChI is InChI=1S/C20H24N4O2/c21-19(25)16-6-4-5-15(13-16)14-24-11-9-18(10-12-24)23-20(26)22-17-7-2-1-3-8-17/h1-8,13,18H,9-12,14H2,(H2,21,25)(H2,22,23,26). The molecule has 1 heterocycles. The molecule has 0 spiro atoms. The van der Waals surface area contributed by atoms with E-state index in [0.29, 0.717) is 5.56 Å². The Hall–Kier alpha value is -2.86. The topological polar surface area (TPSA) is 87.5 Å². The molecule has 136 valence electrons. The first-order chi connectivity index (χ1) is 12.6. The second-order valence-corrected chi connectivity index (χ2v) is 6.58. The highest BCUT2D eigenvalue weighted by Crippen LogP contribution is 2.15. The molecule has 1 saturated heterocycles. The molecule has 2 aromatic carbocycles. The van der Waals surface area contributed by atoms with Crippen molar-refractivity contribution in [2.24, 2.45) is 5.73 Å². The zero-order valence-electron chi connectivity index (χ0n) is 14.7. The number of amides is 3. The lowest BCUT2D eigenvalue weighted by atomic mass is 10.0. The van der Waals surface area contributed by atoms with E-state index in [1.165, 1.54) is 0 Å². The Morgan fingerprint density at radius 2 is 1.77 bits per heavy atom. The first-order valence-corrected chi connectivity index (χ1v) is 8.84. The van der Waals surface area contributed by atoms with Gasteiger partial charge in [-0.15, -0.1) is 0 Å². The van der Waals surface area contributed by atoms with Crippen molar-refractivity contribution in [3.05, 3.63) is 65.7 Å². The molecule has 0 bridgehead atoms. The Labute approximate surface area is 153 Å². The summed E-state index contributed by atoms with van der Waals surface area (Å²) in [6.07, 6.45) is 1.80. The van der Waals surface area contributed by atoms with Crippen LogP contribution >= 0.6 is 0 Å². The van der Waals surface area contributed by atoms with Gasteiger partial charge in [0.05, 0.1) is 0 Å². The lowest BCUT2D eigenvalue weighted by molar-refractivity contribution is 0.1000. The SMILES string of the molecule is NC(=O)c1cccc(CN2CCC(NC(=O)Nc3ccccc3)CC2)c1. The van der Waals surface area contributed by atoms with Crippen LogP contribution in [0.25, 0.3) is 0 Å². The molecular weight excluding hydrogens is 328 g/mol. The molecule has 0 saturated carbocycles. The van der Waals surface area contributed by atoms with Crippen molar-refractivity contribution in [2.45, 2.75) is 25.4 Å². The number of hydrogen-bond acceptors (Lipinski definition) is 3. The van der Waals surface area contributed by atoms with Crippen molar-refractivity contribution >= 4 is 17.6 Å². The van der Waals surface area contributed by atoms with Crippen LogP contribution in [0, 0.1) is 0 Å². The van der Waals surface area contributed by atoms with E-state index in [1.807, 2.05) is 48.5 Å². The Bertz CT molecular complexity index is 755. The van der Waals surface area contributed by atoms with Gasteiger partial charge in [-0.1, -0.05) is 30.3 Å². The number of anilines is 1. The summed E-state index contributed by atoms with van der Waals surface area (Å²) in [6, 6.07) is 16.9. The molecule has 4 N–H and O–H groups in total. The summed E-state index contributed by atoms with van der Waals surface area (Å²) in [7, 11) is 0. The molecule has 26 heavy (non-hydrogen) atoms. The molecule has 1 aliphatic rings. The molecule has 0 aromatic heterocycles. The fourth-order valence-corrected chi connectivity index (χ4v) is 3.19. The normalized spacial score (nSPS) is 15.4. The number of nitrogens with zero attached hydrogens (tertiary/aromatic N) is 1. The predicted octanol–water partition coefficient (Wildman–Crippen LogP) is 2.57. The summed E-state index contributed by atoms with van der Waals surface area (Å²) in [4.78, 5) is 25.7. The second-order valence-electron chi connectivity index (χ2n) is 6.58. The Morgan fingerprint density at radius 1 is 1.04 bits per heavy atom. The predicted molar refractivity (Wildman–Crippen MR) is 102 cm³/mol. The van der Waals surface area contributed by atoms with Crippen LogP contribution in [0.5, 0.6) is 0 Å². The second kappa shape index (κ2) is 8.49. The fourth-order valence-electron chi connectivity index (χ4n) is 3.19. The third-order valence-corrected chi connectivity index (χ3v) is 4.57. The summed E-state index contributed by atoms with van der Waals surface area (Å²) in [5, 5.41) is 5.89. The molecule has 6 nitrogen and oxygen atoms in total. The van der Waals surface area contributed by atoms with Gasteiger partial charge in [-0.3, -0.25) is 9.69 Å². The van der Waals surface area contributed by atoms with Gasteiger partial charge in [-0.05, 0) is 42.7 Å². The van der Waals surface area contributed by atoms with Crippen molar-refractivity contribution in [3.63, 3.8) is 0 Å². The zero-order chi connectivity index (χ0) is 18.4. The first kappa shape index (κ1) is 17.9. The molecule has 6 heteroatoms. The van der Waals surface area contributed by atoms with Crippen LogP contribution in [0.1, 0.15) is 28.8 Å². The first-order valence-electron chi connectivity index (χ1n) is 8.84. The maximum absolute atomic E-state index is 12.1. The van der Waals surface area contributed by atoms with Crippen LogP contribution < -0.4 is 16.4 Å². The highest BCUT2D eigenvalue weighted by molar-refractivity contribution is 5.92. The Balaban J connectivity index is 1.45. The number of hydrogen-bond donors (Lipinski definition) is 3. The number of piperidine rings is 1. The molecule has 2 aromatic rings. The summed E-state index contributed by atoms with van der Waals surface area (Å²) < 4.78 is 0. The summed E-state index contributed by atoms with van der Waals surface area (Å²) >= 11 is 0. The Kier molecular flexibility index (Phi) is 5.86. The summed E-state index contributed by atoms with van der Waals surface area (Å²) in [6.45, 7) is 2.58. The number of carbonyl (C=O) groups is 2. The molecule has 0 atom stereocenters. The molecule has 1 fully saturated rings. The lowest BCUT2D eigenvalue weighted by Crippen LogP contribution is -2.45. The van der Waals surface area contributed by atoms with Crippen LogP contribution in [-0.2, 0) is 6.54 Å². The van der Waals surface area contributed by atoms with Gasteiger partial charge in [0.1, 0.15) is 0 Å².